The molecule has 0 aliphatic carbocycles. The number of hydrogen-bond donors (Lipinski definition) is 3. The summed E-state index contributed by atoms with van der Waals surface area (Å²) in [4.78, 5) is 11.1. The van der Waals surface area contributed by atoms with Crippen molar-refractivity contribution >= 4 is 0 Å². The Kier molecular flexibility index (Phi) is 1.54. The summed E-state index contributed by atoms with van der Waals surface area (Å²) in [5.41, 5.74) is 1.99. The van der Waals surface area contributed by atoms with E-state index in [1.165, 1.54) is 0 Å². The maximum atomic E-state index is 11.1. The highest BCUT2D eigenvalue weighted by Gasteiger charge is 2.11. The number of fused-ring (bicyclic) bond motifs is 1. The van der Waals surface area contributed by atoms with Gasteiger partial charge in [-0.15, -0.1) is 0 Å². The van der Waals surface area contributed by atoms with Gasteiger partial charge in [0.15, 0.2) is 0 Å². The summed E-state index contributed by atoms with van der Waals surface area (Å²) in [6.07, 6.45) is 1.94. The van der Waals surface area contributed by atoms with Crippen LogP contribution in [0.1, 0.15) is 17.7 Å². The average molecular weight is 153 g/mol. The Morgan fingerprint density at radius 1 is 1.27 bits per heavy atom. The van der Waals surface area contributed by atoms with E-state index in [1.54, 1.807) is 0 Å². The lowest BCUT2D eigenvalue weighted by Gasteiger charge is -1.94. The maximum Gasteiger partial charge on any atom is 0.267 e. The quantitative estimate of drug-likeness (QED) is 0.481. The number of H-pyrrole nitrogens is 2. The minimum absolute atomic E-state index is 0.0451. The number of rotatable bonds is 0. The second-order valence-corrected chi connectivity index (χ2v) is 2.82. The molecule has 3 N–H and O–H groups in total. The molecule has 0 amide bonds. The number of aromatic amines is 2. The zero-order valence-corrected chi connectivity index (χ0v) is 6.24. The van der Waals surface area contributed by atoms with E-state index in [1.807, 2.05) is 0 Å². The lowest BCUT2D eigenvalue weighted by Crippen LogP contribution is -2.12. The molecule has 0 fully saturated rings. The van der Waals surface area contributed by atoms with Gasteiger partial charge in [-0.05, 0) is 19.4 Å². The zero-order valence-electron chi connectivity index (χ0n) is 6.24. The van der Waals surface area contributed by atoms with Crippen LogP contribution >= 0.6 is 0 Å². The van der Waals surface area contributed by atoms with Gasteiger partial charge in [0.1, 0.15) is 0 Å². The Bertz CT molecular complexity index is 299. The molecular formula is C7H11N3O. The van der Waals surface area contributed by atoms with Gasteiger partial charge in [0.05, 0.1) is 5.69 Å². The van der Waals surface area contributed by atoms with Crippen LogP contribution in [0.25, 0.3) is 0 Å². The molecular weight excluding hydrogens is 142 g/mol. The van der Waals surface area contributed by atoms with E-state index in [0.717, 1.165) is 37.2 Å². The number of hydrogen-bond acceptors (Lipinski definition) is 2. The molecule has 0 spiro atoms. The lowest BCUT2D eigenvalue weighted by atomic mass is 10.1. The van der Waals surface area contributed by atoms with Gasteiger partial charge in [-0.25, -0.2) is 0 Å². The van der Waals surface area contributed by atoms with Gasteiger partial charge < -0.3 is 10.4 Å². The van der Waals surface area contributed by atoms with Crippen LogP contribution in [0.15, 0.2) is 4.79 Å². The first-order valence-corrected chi connectivity index (χ1v) is 3.87. The molecule has 0 aromatic carbocycles. The summed E-state index contributed by atoms with van der Waals surface area (Å²) in [6.45, 7) is 1.79. The van der Waals surface area contributed by atoms with E-state index in [-0.39, 0.29) is 5.56 Å². The maximum absolute atomic E-state index is 11.1. The molecule has 0 unspecified atom stereocenters. The van der Waals surface area contributed by atoms with E-state index in [0.29, 0.717) is 0 Å². The van der Waals surface area contributed by atoms with Crippen LogP contribution < -0.4 is 10.9 Å². The summed E-state index contributed by atoms with van der Waals surface area (Å²) in [5.74, 6) is 0. The van der Waals surface area contributed by atoms with E-state index in [9.17, 15) is 4.79 Å². The third kappa shape index (κ3) is 1.09. The van der Waals surface area contributed by atoms with Gasteiger partial charge in [0.25, 0.3) is 5.56 Å². The second-order valence-electron chi connectivity index (χ2n) is 2.82. The Hall–Kier alpha value is -1.03. The molecule has 0 saturated carbocycles. The van der Waals surface area contributed by atoms with Crippen LogP contribution in [0, 0.1) is 0 Å². The van der Waals surface area contributed by atoms with E-state index in [4.69, 9.17) is 0 Å². The molecule has 60 valence electrons. The molecule has 2 heterocycles. The summed E-state index contributed by atoms with van der Waals surface area (Å²) >= 11 is 0. The molecule has 1 aliphatic heterocycles. The van der Waals surface area contributed by atoms with Gasteiger partial charge in [-0.1, -0.05) is 0 Å². The molecule has 0 atom stereocenters. The fraction of sp³-hybridized carbons (Fsp3) is 0.571. The van der Waals surface area contributed by atoms with Crippen LogP contribution in [0.4, 0.5) is 0 Å². The molecule has 0 bridgehead atoms. The van der Waals surface area contributed by atoms with E-state index < -0.39 is 0 Å². The van der Waals surface area contributed by atoms with Crippen molar-refractivity contribution in [1.82, 2.24) is 15.5 Å². The molecule has 0 saturated heterocycles. The molecule has 4 nitrogen and oxygen atoms in total. The highest BCUT2D eigenvalue weighted by Crippen LogP contribution is 2.05. The first-order chi connectivity index (χ1) is 5.38. The van der Waals surface area contributed by atoms with E-state index in [2.05, 4.69) is 15.5 Å². The van der Waals surface area contributed by atoms with Crippen LogP contribution in [0.2, 0.25) is 0 Å². The highest BCUT2D eigenvalue weighted by molar-refractivity contribution is 5.17. The minimum Gasteiger partial charge on any atom is -0.311 e. The van der Waals surface area contributed by atoms with Gasteiger partial charge in [0.2, 0.25) is 0 Å². The smallest absolute Gasteiger partial charge is 0.267 e. The standard InChI is InChI=1S/C7H11N3O/c11-7-5-2-1-3-8-4-6(5)9-10-7/h8H,1-4H2,(H2,9,10,11). The van der Waals surface area contributed by atoms with Crippen LogP contribution in [0.3, 0.4) is 0 Å². The zero-order chi connectivity index (χ0) is 7.68. The molecule has 1 aromatic heterocycles. The molecule has 2 rings (SSSR count). The van der Waals surface area contributed by atoms with Crippen molar-refractivity contribution in [2.75, 3.05) is 6.54 Å². The van der Waals surface area contributed by atoms with Gasteiger partial charge in [-0.2, -0.15) is 0 Å². The van der Waals surface area contributed by atoms with Crippen molar-refractivity contribution in [3.8, 4) is 0 Å². The van der Waals surface area contributed by atoms with Crippen molar-refractivity contribution in [3.63, 3.8) is 0 Å². The summed E-state index contributed by atoms with van der Waals surface area (Å²) < 4.78 is 0. The fourth-order valence-corrected chi connectivity index (χ4v) is 1.44. The largest absolute Gasteiger partial charge is 0.311 e. The summed E-state index contributed by atoms with van der Waals surface area (Å²) in [5, 5.41) is 8.68. The van der Waals surface area contributed by atoms with Crippen molar-refractivity contribution < 1.29 is 0 Å². The van der Waals surface area contributed by atoms with Gasteiger partial charge >= 0.3 is 0 Å². The van der Waals surface area contributed by atoms with Crippen LogP contribution in [-0.2, 0) is 13.0 Å². The third-order valence-corrected chi connectivity index (χ3v) is 2.05. The number of nitrogens with one attached hydrogen (secondary N) is 3. The molecule has 11 heavy (non-hydrogen) atoms. The normalized spacial score (nSPS) is 17.5. The molecule has 4 heteroatoms. The average Bonchev–Trinajstić information content (AvgIpc) is 2.25. The van der Waals surface area contributed by atoms with Crippen molar-refractivity contribution in [3.05, 3.63) is 21.6 Å². The number of aromatic nitrogens is 2. The minimum atomic E-state index is 0.0451. The molecule has 1 aromatic rings. The third-order valence-electron chi connectivity index (χ3n) is 2.05. The Morgan fingerprint density at radius 2 is 2.18 bits per heavy atom. The van der Waals surface area contributed by atoms with Crippen molar-refractivity contribution in [2.45, 2.75) is 19.4 Å². The first-order valence-electron chi connectivity index (χ1n) is 3.87. The predicted octanol–water partition coefficient (Wildman–Crippen LogP) is -0.261. The van der Waals surface area contributed by atoms with Gasteiger partial charge in [-0.3, -0.25) is 9.89 Å². The highest BCUT2D eigenvalue weighted by atomic mass is 16.1. The van der Waals surface area contributed by atoms with Gasteiger partial charge in [0, 0.05) is 12.1 Å². The fourth-order valence-electron chi connectivity index (χ4n) is 1.44. The van der Waals surface area contributed by atoms with Crippen LogP contribution in [0.5, 0.6) is 0 Å². The second kappa shape index (κ2) is 2.54. The van der Waals surface area contributed by atoms with Crippen LogP contribution in [-0.4, -0.2) is 16.7 Å². The van der Waals surface area contributed by atoms with E-state index >= 15 is 0 Å². The predicted molar refractivity (Wildman–Crippen MR) is 41.4 cm³/mol. The van der Waals surface area contributed by atoms with Crippen molar-refractivity contribution in [2.24, 2.45) is 0 Å². The Morgan fingerprint density at radius 3 is 3.09 bits per heavy atom. The Balaban J connectivity index is 2.43. The first kappa shape index (κ1) is 6.67. The van der Waals surface area contributed by atoms with Crippen molar-refractivity contribution in [1.29, 1.82) is 0 Å². The lowest BCUT2D eigenvalue weighted by molar-refractivity contribution is 0.667. The Labute approximate surface area is 64.0 Å². The topological polar surface area (TPSA) is 60.7 Å². The monoisotopic (exact) mass is 153 g/mol. The molecule has 1 aliphatic rings. The summed E-state index contributed by atoms with van der Waals surface area (Å²) in [6, 6.07) is 0. The molecule has 0 radical (unpaired) electrons. The summed E-state index contributed by atoms with van der Waals surface area (Å²) in [7, 11) is 0. The SMILES string of the molecule is O=c1[nH][nH]c2c1CCCNC2.